The molecule has 0 aliphatic carbocycles. The van der Waals surface area contributed by atoms with E-state index in [9.17, 15) is 9.90 Å². The summed E-state index contributed by atoms with van der Waals surface area (Å²) in [5, 5.41) is 9.97. The molecule has 0 saturated heterocycles. The molecule has 0 aliphatic rings. The van der Waals surface area contributed by atoms with Crippen LogP contribution in [0.5, 0.6) is 5.75 Å². The van der Waals surface area contributed by atoms with E-state index in [2.05, 4.69) is 4.98 Å². The summed E-state index contributed by atoms with van der Waals surface area (Å²) in [6, 6.07) is 12.9. The smallest absolute Gasteiger partial charge is 0.335 e. The number of aromatic carboxylic acids is 1. The van der Waals surface area contributed by atoms with Gasteiger partial charge in [0, 0.05) is 23.0 Å². The summed E-state index contributed by atoms with van der Waals surface area (Å²) in [7, 11) is 0. The highest BCUT2D eigenvalue weighted by molar-refractivity contribution is 7.71. The number of carbonyl (C=O) groups is 1. The Hall–Kier alpha value is -2.66. The molecular weight excluding hydrogens is 334 g/mol. The quantitative estimate of drug-likeness (QED) is 0.641. The van der Waals surface area contributed by atoms with Gasteiger partial charge in [-0.1, -0.05) is 24.4 Å². The molecule has 3 aromatic rings. The van der Waals surface area contributed by atoms with Gasteiger partial charge < -0.3 is 14.8 Å². The molecule has 2 aromatic carbocycles. The third kappa shape index (κ3) is 3.56. The number of hydrogen-bond donors (Lipinski definition) is 2. The normalized spacial score (nSPS) is 10.8. The Labute approximate surface area is 151 Å². The first kappa shape index (κ1) is 17.2. The van der Waals surface area contributed by atoms with Crippen LogP contribution in [0, 0.1) is 11.4 Å². The highest BCUT2D eigenvalue weighted by Crippen LogP contribution is 2.24. The number of fused-ring (bicyclic) bond motifs is 1. The second-order valence-electron chi connectivity index (χ2n) is 5.88. The maximum Gasteiger partial charge on any atom is 0.335 e. The maximum absolute atomic E-state index is 11.2. The van der Waals surface area contributed by atoms with Crippen molar-refractivity contribution in [3.05, 3.63) is 69.4 Å². The minimum absolute atomic E-state index is 0.239. The van der Waals surface area contributed by atoms with E-state index in [1.807, 2.05) is 38.1 Å². The monoisotopic (exact) mass is 353 g/mol. The third-order valence-corrected chi connectivity index (χ3v) is 4.64. The zero-order chi connectivity index (χ0) is 18.0. The molecule has 1 aromatic heterocycles. The number of aromatic nitrogens is 1. The van der Waals surface area contributed by atoms with Gasteiger partial charge in [-0.15, -0.1) is 0 Å². The van der Waals surface area contributed by atoms with E-state index < -0.39 is 5.97 Å². The minimum Gasteiger partial charge on any atom is -0.494 e. The van der Waals surface area contributed by atoms with Crippen molar-refractivity contribution in [2.45, 2.75) is 20.3 Å². The van der Waals surface area contributed by atoms with Crippen molar-refractivity contribution in [1.82, 2.24) is 4.98 Å². The first-order valence-corrected chi connectivity index (χ1v) is 8.51. The number of nitrogens with one attached hydrogen (secondary N) is 1. The Morgan fingerprint density at radius 1 is 1.20 bits per heavy atom. The van der Waals surface area contributed by atoms with E-state index >= 15 is 0 Å². The van der Waals surface area contributed by atoms with Crippen LogP contribution in [0.15, 0.2) is 42.5 Å². The van der Waals surface area contributed by atoms with Gasteiger partial charge in [0.15, 0.2) is 0 Å². The van der Waals surface area contributed by atoms with Crippen LogP contribution in [0.4, 0.5) is 0 Å². The lowest BCUT2D eigenvalue weighted by Crippen LogP contribution is -2.00. The molecule has 0 fully saturated rings. The average Bonchev–Trinajstić information content (AvgIpc) is 2.60. The van der Waals surface area contributed by atoms with E-state index in [4.69, 9.17) is 17.0 Å². The summed E-state index contributed by atoms with van der Waals surface area (Å²) in [6.45, 7) is 4.58. The highest BCUT2D eigenvalue weighted by Gasteiger charge is 2.10. The standard InChI is InChI=1S/C20H19NO3S/c1-3-24-15-7-4-13(5-8-15)10-16-12(2)21-18-9-6-14(20(22)23)11-17(18)19(16)25/h4-9,11H,3,10H2,1-2H3,(H,21,25)(H,22,23). The largest absolute Gasteiger partial charge is 0.494 e. The molecule has 0 amide bonds. The van der Waals surface area contributed by atoms with Crippen molar-refractivity contribution in [3.63, 3.8) is 0 Å². The van der Waals surface area contributed by atoms with Crippen molar-refractivity contribution in [1.29, 1.82) is 0 Å². The van der Waals surface area contributed by atoms with E-state index in [0.717, 1.165) is 33.5 Å². The Bertz CT molecular complexity index is 990. The van der Waals surface area contributed by atoms with Crippen LogP contribution in [0.2, 0.25) is 0 Å². The van der Waals surface area contributed by atoms with Gasteiger partial charge in [-0.2, -0.15) is 0 Å². The topological polar surface area (TPSA) is 62.3 Å². The van der Waals surface area contributed by atoms with Crippen LogP contribution >= 0.6 is 12.2 Å². The summed E-state index contributed by atoms with van der Waals surface area (Å²) >= 11 is 5.66. The Morgan fingerprint density at radius 3 is 2.56 bits per heavy atom. The third-order valence-electron chi connectivity index (χ3n) is 4.18. The number of carboxylic acid groups (broad SMARTS) is 1. The number of hydrogen-bond acceptors (Lipinski definition) is 3. The van der Waals surface area contributed by atoms with Crippen LogP contribution < -0.4 is 4.74 Å². The minimum atomic E-state index is -0.954. The van der Waals surface area contributed by atoms with Gasteiger partial charge in [-0.25, -0.2) is 4.79 Å². The van der Waals surface area contributed by atoms with Crippen LogP contribution in [0.1, 0.15) is 34.1 Å². The lowest BCUT2D eigenvalue weighted by Gasteiger charge is -2.11. The van der Waals surface area contributed by atoms with Crippen molar-refractivity contribution in [3.8, 4) is 5.75 Å². The summed E-state index contributed by atoms with van der Waals surface area (Å²) in [5.41, 5.74) is 4.22. The number of ether oxygens (including phenoxy) is 1. The zero-order valence-corrected chi connectivity index (χ0v) is 14.9. The fraction of sp³-hybridized carbons (Fsp3) is 0.200. The van der Waals surface area contributed by atoms with Crippen molar-refractivity contribution < 1.29 is 14.6 Å². The number of rotatable bonds is 5. The second kappa shape index (κ2) is 7.07. The first-order chi connectivity index (χ1) is 12.0. The Balaban J connectivity index is 2.03. The molecule has 0 unspecified atom stereocenters. The van der Waals surface area contributed by atoms with Crippen LogP contribution in [-0.2, 0) is 6.42 Å². The molecule has 0 radical (unpaired) electrons. The number of benzene rings is 2. The molecule has 1 heterocycles. The molecule has 0 atom stereocenters. The van der Waals surface area contributed by atoms with Gasteiger partial charge in [-0.3, -0.25) is 0 Å². The molecule has 128 valence electrons. The summed E-state index contributed by atoms with van der Waals surface area (Å²) < 4.78 is 6.17. The fourth-order valence-electron chi connectivity index (χ4n) is 2.87. The summed E-state index contributed by atoms with van der Waals surface area (Å²) in [6.07, 6.45) is 0.681. The van der Waals surface area contributed by atoms with Gasteiger partial charge in [-0.05, 0) is 55.3 Å². The van der Waals surface area contributed by atoms with E-state index in [-0.39, 0.29) is 5.56 Å². The summed E-state index contributed by atoms with van der Waals surface area (Å²) in [5.74, 6) is -0.109. The predicted molar refractivity (Wildman–Crippen MR) is 101 cm³/mol. The molecule has 5 heteroatoms. The lowest BCUT2D eigenvalue weighted by molar-refractivity contribution is 0.0697. The molecule has 0 bridgehead atoms. The van der Waals surface area contributed by atoms with Crippen molar-refractivity contribution in [2.24, 2.45) is 0 Å². The molecule has 25 heavy (non-hydrogen) atoms. The fourth-order valence-corrected chi connectivity index (χ4v) is 3.27. The Kier molecular flexibility index (Phi) is 4.86. The molecule has 0 spiro atoms. The summed E-state index contributed by atoms with van der Waals surface area (Å²) in [4.78, 5) is 14.6. The van der Waals surface area contributed by atoms with Crippen LogP contribution in [0.3, 0.4) is 0 Å². The van der Waals surface area contributed by atoms with Crippen LogP contribution in [-0.4, -0.2) is 22.7 Å². The van der Waals surface area contributed by atoms with Crippen molar-refractivity contribution in [2.75, 3.05) is 6.61 Å². The van der Waals surface area contributed by atoms with E-state index in [1.165, 1.54) is 0 Å². The molecule has 0 saturated carbocycles. The van der Waals surface area contributed by atoms with Gasteiger partial charge in [0.1, 0.15) is 5.75 Å². The Morgan fingerprint density at radius 2 is 1.92 bits per heavy atom. The SMILES string of the molecule is CCOc1ccc(Cc2c(C)[nH]c3ccc(C(=O)O)cc3c2=S)cc1. The molecule has 4 nitrogen and oxygen atoms in total. The van der Waals surface area contributed by atoms with Crippen molar-refractivity contribution >= 4 is 29.1 Å². The second-order valence-corrected chi connectivity index (χ2v) is 6.29. The maximum atomic E-state index is 11.2. The number of pyridine rings is 1. The van der Waals surface area contributed by atoms with E-state index in [1.54, 1.807) is 18.2 Å². The average molecular weight is 353 g/mol. The number of aryl methyl sites for hydroxylation is 1. The van der Waals surface area contributed by atoms with Crippen LogP contribution in [0.25, 0.3) is 10.9 Å². The van der Waals surface area contributed by atoms with Gasteiger partial charge in [0.2, 0.25) is 0 Å². The molecular formula is C20H19NO3S. The van der Waals surface area contributed by atoms with E-state index in [0.29, 0.717) is 17.5 Å². The molecule has 2 N–H and O–H groups in total. The van der Waals surface area contributed by atoms with Gasteiger partial charge in [0.25, 0.3) is 0 Å². The number of aromatic amines is 1. The zero-order valence-electron chi connectivity index (χ0n) is 14.1. The first-order valence-electron chi connectivity index (χ1n) is 8.10. The molecule has 3 rings (SSSR count). The van der Waals surface area contributed by atoms with Gasteiger partial charge >= 0.3 is 5.97 Å². The predicted octanol–water partition coefficient (Wildman–Crippen LogP) is 4.89. The highest BCUT2D eigenvalue weighted by atomic mass is 32.1. The molecule has 0 aliphatic heterocycles. The number of carboxylic acids is 1. The lowest BCUT2D eigenvalue weighted by atomic mass is 10.0. The van der Waals surface area contributed by atoms with Gasteiger partial charge in [0.05, 0.1) is 16.7 Å². The number of H-pyrrole nitrogens is 1.